The maximum Gasteiger partial charge on any atom is 0.224 e. The van der Waals surface area contributed by atoms with E-state index in [2.05, 4.69) is 5.32 Å². The zero-order chi connectivity index (χ0) is 14.5. The standard InChI is InChI=1S/C12H24N2O4S/c1-4-5-6-19(16,17)14-7-10(9-18-3)11(8-14)12(15)13-2/h10-11H,4-9H2,1-3H3,(H,13,15)/t10-,11+/m0/s1. The molecule has 0 radical (unpaired) electrons. The molecule has 0 bridgehead atoms. The van der Waals surface area contributed by atoms with Crippen LogP contribution in [0.5, 0.6) is 0 Å². The summed E-state index contributed by atoms with van der Waals surface area (Å²) in [7, 11) is -0.116. The van der Waals surface area contributed by atoms with E-state index in [1.165, 1.54) is 4.31 Å². The van der Waals surface area contributed by atoms with E-state index in [4.69, 9.17) is 4.74 Å². The number of hydrogen-bond donors (Lipinski definition) is 1. The van der Waals surface area contributed by atoms with Gasteiger partial charge in [0, 0.05) is 33.2 Å². The van der Waals surface area contributed by atoms with E-state index in [1.54, 1.807) is 14.2 Å². The van der Waals surface area contributed by atoms with Crippen molar-refractivity contribution in [3.63, 3.8) is 0 Å². The highest BCUT2D eigenvalue weighted by Gasteiger charge is 2.41. The third-order valence-corrected chi connectivity index (χ3v) is 5.41. The lowest BCUT2D eigenvalue weighted by atomic mass is 9.96. The Kier molecular flexibility index (Phi) is 6.22. The molecule has 1 aliphatic rings. The monoisotopic (exact) mass is 292 g/mol. The maximum atomic E-state index is 12.2. The summed E-state index contributed by atoms with van der Waals surface area (Å²) in [5.74, 6) is -0.345. The topological polar surface area (TPSA) is 75.7 Å². The lowest BCUT2D eigenvalue weighted by Gasteiger charge is -2.15. The molecule has 0 unspecified atom stereocenters. The van der Waals surface area contributed by atoms with Crippen LogP contribution in [0.25, 0.3) is 0 Å². The minimum absolute atomic E-state index is 0.0682. The van der Waals surface area contributed by atoms with Gasteiger partial charge in [0.25, 0.3) is 0 Å². The number of hydrogen-bond acceptors (Lipinski definition) is 4. The molecule has 0 aromatic heterocycles. The zero-order valence-electron chi connectivity index (χ0n) is 11.9. The molecule has 0 aliphatic carbocycles. The van der Waals surface area contributed by atoms with Gasteiger partial charge in [-0.25, -0.2) is 12.7 Å². The Bertz CT molecular complexity index is 397. The van der Waals surface area contributed by atoms with Gasteiger partial charge in [-0.05, 0) is 6.42 Å². The Hall–Kier alpha value is -0.660. The fourth-order valence-electron chi connectivity index (χ4n) is 2.38. The molecule has 0 aromatic carbocycles. The lowest BCUT2D eigenvalue weighted by molar-refractivity contribution is -0.125. The molecule has 1 heterocycles. The molecule has 1 saturated heterocycles. The summed E-state index contributed by atoms with van der Waals surface area (Å²) >= 11 is 0. The molecule has 7 heteroatoms. The molecule has 112 valence electrons. The van der Waals surface area contributed by atoms with Gasteiger partial charge < -0.3 is 10.1 Å². The number of nitrogens with zero attached hydrogens (tertiary/aromatic N) is 1. The van der Waals surface area contributed by atoms with E-state index in [0.717, 1.165) is 6.42 Å². The molecule has 0 spiro atoms. The Morgan fingerprint density at radius 3 is 2.63 bits per heavy atom. The van der Waals surface area contributed by atoms with Crippen molar-refractivity contribution in [3.8, 4) is 0 Å². The average Bonchev–Trinajstić information content (AvgIpc) is 2.81. The van der Waals surface area contributed by atoms with Crippen LogP contribution in [-0.2, 0) is 19.6 Å². The van der Waals surface area contributed by atoms with Gasteiger partial charge in [-0.1, -0.05) is 13.3 Å². The number of nitrogens with one attached hydrogen (secondary N) is 1. The van der Waals surface area contributed by atoms with Crippen molar-refractivity contribution >= 4 is 15.9 Å². The Morgan fingerprint density at radius 2 is 2.11 bits per heavy atom. The van der Waals surface area contributed by atoms with Gasteiger partial charge in [0.2, 0.25) is 15.9 Å². The second kappa shape index (κ2) is 7.21. The summed E-state index contributed by atoms with van der Waals surface area (Å²) in [6, 6.07) is 0. The quantitative estimate of drug-likeness (QED) is 0.720. The van der Waals surface area contributed by atoms with Crippen LogP contribution in [0.1, 0.15) is 19.8 Å². The smallest absolute Gasteiger partial charge is 0.224 e. The second-order valence-electron chi connectivity index (χ2n) is 4.92. The summed E-state index contributed by atoms with van der Waals surface area (Å²) in [5.41, 5.74) is 0. The Labute approximate surface area is 115 Å². The molecule has 2 atom stereocenters. The number of carbonyl (C=O) groups excluding carboxylic acids is 1. The number of sulfonamides is 1. The van der Waals surface area contributed by atoms with Crippen molar-refractivity contribution in [2.45, 2.75) is 19.8 Å². The number of ether oxygens (including phenoxy) is 1. The van der Waals surface area contributed by atoms with Crippen LogP contribution >= 0.6 is 0 Å². The van der Waals surface area contributed by atoms with Gasteiger partial charge >= 0.3 is 0 Å². The third kappa shape index (κ3) is 4.15. The van der Waals surface area contributed by atoms with Crippen LogP contribution in [0.4, 0.5) is 0 Å². The largest absolute Gasteiger partial charge is 0.384 e. The van der Waals surface area contributed by atoms with Crippen LogP contribution in [0.3, 0.4) is 0 Å². The number of rotatable bonds is 7. The van der Waals surface area contributed by atoms with Gasteiger partial charge in [-0.3, -0.25) is 4.79 Å². The van der Waals surface area contributed by atoms with Crippen LogP contribution < -0.4 is 5.32 Å². The first-order valence-electron chi connectivity index (χ1n) is 6.64. The SMILES string of the molecule is CCCCS(=O)(=O)N1C[C@@H](COC)[C@H](C(=O)NC)C1. The van der Waals surface area contributed by atoms with Crippen molar-refractivity contribution in [2.75, 3.05) is 39.6 Å². The number of unbranched alkanes of at least 4 members (excludes halogenated alkanes) is 1. The van der Waals surface area contributed by atoms with E-state index >= 15 is 0 Å². The highest BCUT2D eigenvalue weighted by atomic mass is 32.2. The van der Waals surface area contributed by atoms with Crippen LogP contribution in [0, 0.1) is 11.8 Å². The molecule has 1 aliphatic heterocycles. The van der Waals surface area contributed by atoms with Crippen molar-refractivity contribution in [1.29, 1.82) is 0 Å². The predicted molar refractivity (Wildman–Crippen MR) is 73.2 cm³/mol. The summed E-state index contributed by atoms with van der Waals surface area (Å²) in [4.78, 5) is 11.8. The summed E-state index contributed by atoms with van der Waals surface area (Å²) in [5, 5.41) is 2.59. The first-order valence-corrected chi connectivity index (χ1v) is 8.25. The fourth-order valence-corrected chi connectivity index (χ4v) is 4.10. The van der Waals surface area contributed by atoms with Crippen molar-refractivity contribution in [2.24, 2.45) is 11.8 Å². The predicted octanol–water partition coefficient (Wildman–Crippen LogP) is 0.0567. The van der Waals surface area contributed by atoms with E-state index in [1.807, 2.05) is 6.92 Å². The number of methoxy groups -OCH3 is 1. The zero-order valence-corrected chi connectivity index (χ0v) is 12.7. The van der Waals surface area contributed by atoms with Crippen LogP contribution in [0.2, 0.25) is 0 Å². The number of amides is 1. The van der Waals surface area contributed by atoms with Gasteiger partial charge in [0.1, 0.15) is 0 Å². The summed E-state index contributed by atoms with van der Waals surface area (Å²) in [6.45, 7) is 3.00. The Morgan fingerprint density at radius 1 is 1.42 bits per heavy atom. The molecule has 0 aromatic rings. The molecule has 1 N–H and O–H groups in total. The molecule has 0 saturated carbocycles. The highest BCUT2D eigenvalue weighted by molar-refractivity contribution is 7.89. The van der Waals surface area contributed by atoms with Crippen molar-refractivity contribution < 1.29 is 17.9 Å². The first-order chi connectivity index (χ1) is 8.96. The average molecular weight is 292 g/mol. The van der Waals surface area contributed by atoms with Crippen LogP contribution in [0.15, 0.2) is 0 Å². The van der Waals surface area contributed by atoms with Gasteiger partial charge in [0.05, 0.1) is 18.3 Å². The molecule has 1 fully saturated rings. The van der Waals surface area contributed by atoms with Gasteiger partial charge in [-0.15, -0.1) is 0 Å². The molecule has 6 nitrogen and oxygen atoms in total. The first kappa shape index (κ1) is 16.4. The minimum atomic E-state index is -3.25. The summed E-state index contributed by atoms with van der Waals surface area (Å²) in [6.07, 6.45) is 1.49. The fraction of sp³-hybridized carbons (Fsp3) is 0.917. The highest BCUT2D eigenvalue weighted by Crippen LogP contribution is 2.26. The van der Waals surface area contributed by atoms with E-state index < -0.39 is 10.0 Å². The van der Waals surface area contributed by atoms with Crippen molar-refractivity contribution in [1.82, 2.24) is 9.62 Å². The van der Waals surface area contributed by atoms with E-state index in [9.17, 15) is 13.2 Å². The number of carbonyl (C=O) groups is 1. The molecule has 1 rings (SSSR count). The van der Waals surface area contributed by atoms with Gasteiger partial charge in [-0.2, -0.15) is 0 Å². The third-order valence-electron chi connectivity index (χ3n) is 3.52. The lowest BCUT2D eigenvalue weighted by Crippen LogP contribution is -2.35. The Balaban J connectivity index is 2.76. The normalized spacial score (nSPS) is 24.6. The van der Waals surface area contributed by atoms with E-state index in [0.29, 0.717) is 19.6 Å². The van der Waals surface area contributed by atoms with E-state index in [-0.39, 0.29) is 30.0 Å². The molecule has 1 amide bonds. The molecule has 19 heavy (non-hydrogen) atoms. The van der Waals surface area contributed by atoms with Crippen molar-refractivity contribution in [3.05, 3.63) is 0 Å². The minimum Gasteiger partial charge on any atom is -0.384 e. The summed E-state index contributed by atoms with van der Waals surface area (Å²) < 4.78 is 30.8. The molecular formula is C12H24N2O4S. The molecular weight excluding hydrogens is 268 g/mol. The second-order valence-corrected chi connectivity index (χ2v) is 7.01. The maximum absolute atomic E-state index is 12.2. The van der Waals surface area contributed by atoms with Gasteiger partial charge in [0.15, 0.2) is 0 Å². The van der Waals surface area contributed by atoms with Crippen LogP contribution in [-0.4, -0.2) is 58.2 Å².